The van der Waals surface area contributed by atoms with Crippen LogP contribution in [0, 0.1) is 5.41 Å². The Balaban J connectivity index is 2.55. The highest BCUT2D eigenvalue weighted by atomic mass is 16.7. The molecule has 0 saturated carbocycles. The van der Waals surface area contributed by atoms with Gasteiger partial charge in [-0.3, -0.25) is 4.84 Å². The molecule has 1 heterocycles. The van der Waals surface area contributed by atoms with E-state index in [1.165, 1.54) is 5.17 Å². The topological polar surface area (TPSA) is 38.5 Å². The predicted molar refractivity (Wildman–Crippen MR) is 39.5 cm³/mol. The van der Waals surface area contributed by atoms with E-state index >= 15 is 0 Å². The summed E-state index contributed by atoms with van der Waals surface area (Å²) in [5.41, 5.74) is 0.130. The molecule has 0 amide bonds. The summed E-state index contributed by atoms with van der Waals surface area (Å²) in [7, 11) is 0. The van der Waals surface area contributed by atoms with Crippen LogP contribution in [0.2, 0.25) is 0 Å². The van der Waals surface area contributed by atoms with E-state index < -0.39 is 0 Å². The van der Waals surface area contributed by atoms with Crippen molar-refractivity contribution in [3.63, 3.8) is 0 Å². The Bertz CT molecular complexity index is 148. The molecule has 0 bridgehead atoms. The number of nitrogens with zero attached hydrogens (tertiary/aromatic N) is 1. The number of hydroxylamine groups is 1. The second-order valence-corrected chi connectivity index (χ2v) is 3.59. The Labute approximate surface area is 61.4 Å². The summed E-state index contributed by atoms with van der Waals surface area (Å²) in [5.74, 6) is 5.35. The van der Waals surface area contributed by atoms with Crippen molar-refractivity contribution >= 4 is 0 Å². The normalized spacial score (nSPS) is 26.0. The van der Waals surface area contributed by atoms with Crippen LogP contribution in [0.15, 0.2) is 12.3 Å². The Morgan fingerprint density at radius 3 is 2.30 bits per heavy atom. The monoisotopic (exact) mass is 142 g/mol. The average molecular weight is 142 g/mol. The van der Waals surface area contributed by atoms with E-state index in [1.54, 1.807) is 6.20 Å². The van der Waals surface area contributed by atoms with Crippen LogP contribution in [0.25, 0.3) is 0 Å². The first-order valence-corrected chi connectivity index (χ1v) is 3.39. The highest BCUT2D eigenvalue weighted by molar-refractivity contribution is 4.97. The van der Waals surface area contributed by atoms with Crippen LogP contribution in [0.5, 0.6) is 0 Å². The molecular formula is C7H14N2O. The molecule has 0 aromatic carbocycles. The molecular weight excluding hydrogens is 128 g/mol. The van der Waals surface area contributed by atoms with Crippen molar-refractivity contribution in [2.45, 2.75) is 26.9 Å². The van der Waals surface area contributed by atoms with Crippen molar-refractivity contribution in [2.75, 3.05) is 0 Å². The lowest BCUT2D eigenvalue weighted by Gasteiger charge is -2.25. The highest BCUT2D eigenvalue weighted by Gasteiger charge is 2.27. The zero-order valence-corrected chi connectivity index (χ0v) is 6.66. The fourth-order valence-corrected chi connectivity index (χ4v) is 0.811. The number of rotatable bonds is 0. The van der Waals surface area contributed by atoms with Crippen LogP contribution < -0.4 is 5.84 Å². The summed E-state index contributed by atoms with van der Waals surface area (Å²) in [6, 6.07) is 0. The van der Waals surface area contributed by atoms with Gasteiger partial charge < -0.3 is 0 Å². The minimum absolute atomic E-state index is 0.109. The molecule has 0 aromatic heterocycles. The van der Waals surface area contributed by atoms with Gasteiger partial charge in [-0.25, -0.2) is 5.84 Å². The smallest absolute Gasteiger partial charge is 0.112 e. The predicted octanol–water partition coefficient (Wildman–Crippen LogP) is 1.04. The van der Waals surface area contributed by atoms with Crippen molar-refractivity contribution in [3.05, 3.63) is 12.3 Å². The molecule has 2 N–H and O–H groups in total. The standard InChI is InChI=1S/C7H14N2O/c1-7(2,3)6-4-5-9(8)10-6/h4-6H,8H2,1-3H3. The maximum atomic E-state index is 5.35. The lowest BCUT2D eigenvalue weighted by molar-refractivity contribution is -0.159. The molecule has 1 atom stereocenters. The molecule has 1 rings (SSSR count). The molecule has 1 aliphatic heterocycles. The van der Waals surface area contributed by atoms with E-state index in [0.29, 0.717) is 0 Å². The van der Waals surface area contributed by atoms with E-state index in [1.807, 2.05) is 6.08 Å². The van der Waals surface area contributed by atoms with Gasteiger partial charge in [-0.2, -0.15) is 5.17 Å². The number of hydrogen-bond donors (Lipinski definition) is 1. The number of hydrogen-bond acceptors (Lipinski definition) is 3. The summed E-state index contributed by atoms with van der Waals surface area (Å²) < 4.78 is 0. The van der Waals surface area contributed by atoms with Crippen LogP contribution in [0.4, 0.5) is 0 Å². The molecule has 1 unspecified atom stereocenters. The van der Waals surface area contributed by atoms with E-state index in [0.717, 1.165) is 0 Å². The van der Waals surface area contributed by atoms with Gasteiger partial charge in [-0.05, 0) is 11.5 Å². The summed E-state index contributed by atoms with van der Waals surface area (Å²) in [6.07, 6.45) is 3.80. The third-order valence-corrected chi connectivity index (χ3v) is 1.50. The van der Waals surface area contributed by atoms with Crippen molar-refractivity contribution < 1.29 is 4.84 Å². The fourth-order valence-electron chi connectivity index (χ4n) is 0.811. The van der Waals surface area contributed by atoms with Crippen molar-refractivity contribution in [1.82, 2.24) is 5.17 Å². The lowest BCUT2D eigenvalue weighted by Crippen LogP contribution is -2.31. The maximum Gasteiger partial charge on any atom is 0.112 e. The molecule has 0 aromatic rings. The van der Waals surface area contributed by atoms with Gasteiger partial charge in [-0.1, -0.05) is 20.8 Å². The molecule has 10 heavy (non-hydrogen) atoms. The van der Waals surface area contributed by atoms with Crippen LogP contribution in [0.3, 0.4) is 0 Å². The molecule has 0 spiro atoms. The third-order valence-electron chi connectivity index (χ3n) is 1.50. The van der Waals surface area contributed by atoms with Crippen LogP contribution in [-0.4, -0.2) is 11.3 Å². The second kappa shape index (κ2) is 2.25. The molecule has 0 aliphatic carbocycles. The highest BCUT2D eigenvalue weighted by Crippen LogP contribution is 2.26. The van der Waals surface area contributed by atoms with Crippen molar-refractivity contribution in [2.24, 2.45) is 11.3 Å². The molecule has 0 radical (unpaired) electrons. The zero-order valence-electron chi connectivity index (χ0n) is 6.66. The number of nitrogens with two attached hydrogens (primary N) is 1. The summed E-state index contributed by atoms with van der Waals surface area (Å²) >= 11 is 0. The van der Waals surface area contributed by atoms with E-state index in [4.69, 9.17) is 10.7 Å². The van der Waals surface area contributed by atoms with E-state index in [-0.39, 0.29) is 11.5 Å². The largest absolute Gasteiger partial charge is 0.251 e. The van der Waals surface area contributed by atoms with Gasteiger partial charge in [0.05, 0.1) is 0 Å². The molecule has 0 saturated heterocycles. The summed E-state index contributed by atoms with van der Waals surface area (Å²) in [5, 5.41) is 1.25. The number of hydrazine groups is 1. The fraction of sp³-hybridized carbons (Fsp3) is 0.714. The van der Waals surface area contributed by atoms with Crippen molar-refractivity contribution in [3.8, 4) is 0 Å². The van der Waals surface area contributed by atoms with Crippen LogP contribution >= 0.6 is 0 Å². The van der Waals surface area contributed by atoms with Gasteiger partial charge in [0, 0.05) is 6.20 Å². The quantitative estimate of drug-likeness (QED) is 0.513. The Morgan fingerprint density at radius 2 is 2.10 bits per heavy atom. The van der Waals surface area contributed by atoms with Gasteiger partial charge in [-0.15, -0.1) is 0 Å². The molecule has 58 valence electrons. The zero-order chi connectivity index (χ0) is 7.78. The first kappa shape index (κ1) is 7.57. The Hall–Kier alpha value is -0.540. The molecule has 1 aliphatic rings. The van der Waals surface area contributed by atoms with Crippen molar-refractivity contribution in [1.29, 1.82) is 0 Å². The van der Waals surface area contributed by atoms with Gasteiger partial charge in [0.1, 0.15) is 6.10 Å². The minimum Gasteiger partial charge on any atom is -0.251 e. The Morgan fingerprint density at radius 1 is 1.50 bits per heavy atom. The van der Waals surface area contributed by atoms with E-state index in [9.17, 15) is 0 Å². The molecule has 0 fully saturated rings. The average Bonchev–Trinajstić information content (AvgIpc) is 2.11. The first-order valence-electron chi connectivity index (χ1n) is 3.39. The van der Waals surface area contributed by atoms with Crippen LogP contribution in [-0.2, 0) is 4.84 Å². The minimum atomic E-state index is 0.109. The SMILES string of the molecule is CC(C)(C)C1C=CN(N)O1. The van der Waals surface area contributed by atoms with Gasteiger partial charge >= 0.3 is 0 Å². The Kier molecular flexibility index (Phi) is 1.70. The summed E-state index contributed by atoms with van der Waals surface area (Å²) in [6.45, 7) is 6.34. The van der Waals surface area contributed by atoms with E-state index in [2.05, 4.69) is 20.8 Å². The summed E-state index contributed by atoms with van der Waals surface area (Å²) in [4.78, 5) is 5.23. The molecule has 3 nitrogen and oxygen atoms in total. The molecule has 3 heteroatoms. The maximum absolute atomic E-state index is 5.35. The van der Waals surface area contributed by atoms with Gasteiger partial charge in [0.25, 0.3) is 0 Å². The second-order valence-electron chi connectivity index (χ2n) is 3.59. The first-order chi connectivity index (χ1) is 4.50. The lowest BCUT2D eigenvalue weighted by atomic mass is 9.89. The van der Waals surface area contributed by atoms with Gasteiger partial charge in [0.2, 0.25) is 0 Å². The van der Waals surface area contributed by atoms with Gasteiger partial charge in [0.15, 0.2) is 0 Å². The third kappa shape index (κ3) is 1.49. The van der Waals surface area contributed by atoms with Crippen LogP contribution in [0.1, 0.15) is 20.8 Å².